The maximum atomic E-state index is 13.1. The van der Waals surface area contributed by atoms with Crippen molar-refractivity contribution >= 4 is 11.9 Å². The zero-order valence-corrected chi connectivity index (χ0v) is 17.5. The van der Waals surface area contributed by atoms with E-state index in [1.165, 1.54) is 6.33 Å². The molecule has 8 heteroatoms. The van der Waals surface area contributed by atoms with Gasteiger partial charge in [-0.25, -0.2) is 4.98 Å². The van der Waals surface area contributed by atoms with Crippen LogP contribution < -0.4 is 5.32 Å². The summed E-state index contributed by atoms with van der Waals surface area (Å²) >= 11 is 0. The first-order valence-corrected chi connectivity index (χ1v) is 9.97. The van der Waals surface area contributed by atoms with Crippen LogP contribution in [-0.2, 0) is 13.5 Å². The second kappa shape index (κ2) is 8.58. The third-order valence-electron chi connectivity index (χ3n) is 5.35. The summed E-state index contributed by atoms with van der Waals surface area (Å²) in [6.45, 7) is 1.94. The van der Waals surface area contributed by atoms with E-state index in [1.807, 2.05) is 49.4 Å². The average molecular weight is 421 g/mol. The molecule has 0 atom stereocenters. The molecule has 4 aromatic rings. The number of carbonyl (C=O) groups excluding carboxylic acids is 1. The second-order valence-electron chi connectivity index (χ2n) is 7.08. The zero-order valence-electron chi connectivity index (χ0n) is 17.5. The molecule has 2 aromatic heterocycles. The second-order valence-corrected chi connectivity index (χ2v) is 7.08. The minimum absolute atomic E-state index is 0.155. The fourth-order valence-electron chi connectivity index (χ4n) is 3.89. The van der Waals surface area contributed by atoms with Gasteiger partial charge in [-0.3, -0.25) is 15.2 Å². The number of amides is 1. The van der Waals surface area contributed by atoms with E-state index in [9.17, 15) is 15.3 Å². The molecule has 2 N–H and O–H groups in total. The molecule has 0 aliphatic heterocycles. The fourth-order valence-corrected chi connectivity index (χ4v) is 3.89. The van der Waals surface area contributed by atoms with Crippen molar-refractivity contribution in [2.24, 2.45) is 7.05 Å². The first kappa shape index (κ1) is 20.6. The molecule has 0 bridgehead atoms. The molecular weight excluding hydrogens is 402 g/mol. The van der Waals surface area contributed by atoms with Gasteiger partial charge in [0.05, 0.1) is 17.2 Å². The molecule has 2 heterocycles. The van der Waals surface area contributed by atoms with Crippen LogP contribution in [0.3, 0.4) is 0 Å². The molecule has 2 aromatic carbocycles. The van der Waals surface area contributed by atoms with Crippen molar-refractivity contribution in [3.05, 3.63) is 77.4 Å². The molecule has 0 fully saturated rings. The van der Waals surface area contributed by atoms with Crippen molar-refractivity contribution in [3.63, 3.8) is 0 Å². The summed E-state index contributed by atoms with van der Waals surface area (Å²) in [5.74, 6) is -0.251. The third kappa shape index (κ3) is 3.51. The van der Waals surface area contributed by atoms with E-state index < -0.39 is 5.91 Å². The van der Waals surface area contributed by atoms with Gasteiger partial charge in [0.2, 0.25) is 5.95 Å². The van der Waals surface area contributed by atoms with Gasteiger partial charge in [-0.05, 0) is 29.2 Å². The lowest BCUT2D eigenvalue weighted by Crippen LogP contribution is -2.18. The number of aromatic nitrogens is 4. The van der Waals surface area contributed by atoms with Crippen LogP contribution in [0.1, 0.15) is 34.2 Å². The van der Waals surface area contributed by atoms with Crippen molar-refractivity contribution in [3.8, 4) is 34.4 Å². The third-order valence-corrected chi connectivity index (χ3v) is 5.35. The molecule has 0 saturated heterocycles. The van der Waals surface area contributed by atoms with Crippen molar-refractivity contribution < 1.29 is 4.79 Å². The van der Waals surface area contributed by atoms with Crippen molar-refractivity contribution in [1.29, 1.82) is 10.5 Å². The number of hydrogen-bond donors (Lipinski definition) is 2. The molecule has 32 heavy (non-hydrogen) atoms. The summed E-state index contributed by atoms with van der Waals surface area (Å²) in [5, 5.41) is 28.4. The van der Waals surface area contributed by atoms with Gasteiger partial charge in [-0.1, -0.05) is 49.4 Å². The number of nitrogens with one attached hydrogen (secondary N) is 2. The number of benzene rings is 2. The number of hydrogen-bond acceptors (Lipinski definition) is 5. The smallest absolute Gasteiger partial charge is 0.275 e. The Balaban J connectivity index is 1.83. The van der Waals surface area contributed by atoms with Gasteiger partial charge < -0.3 is 4.57 Å². The van der Waals surface area contributed by atoms with Crippen molar-refractivity contribution in [2.75, 3.05) is 5.32 Å². The van der Waals surface area contributed by atoms with Crippen molar-refractivity contribution in [1.82, 2.24) is 19.7 Å². The van der Waals surface area contributed by atoms with E-state index in [4.69, 9.17) is 0 Å². The molecule has 1 amide bonds. The zero-order chi connectivity index (χ0) is 22.7. The van der Waals surface area contributed by atoms with Crippen LogP contribution in [-0.4, -0.2) is 25.7 Å². The van der Waals surface area contributed by atoms with E-state index in [-0.39, 0.29) is 5.95 Å². The Morgan fingerprint density at radius 3 is 2.44 bits per heavy atom. The molecule has 0 unspecified atom stereocenters. The van der Waals surface area contributed by atoms with Crippen LogP contribution in [0.25, 0.3) is 22.3 Å². The molecule has 0 saturated carbocycles. The standard InChI is InChI=1S/C24H19N7O/c1-3-20-19(13-26)21(22(31(20)2)23(32)29-24-27-14-28-30-24)16-10-8-15(9-11-16)18-7-5-4-6-17(18)12-25/h4-11,14H,3H2,1-2H3,(H2,27,28,29,30,32). The summed E-state index contributed by atoms with van der Waals surface area (Å²) < 4.78 is 1.74. The molecule has 156 valence electrons. The molecule has 8 nitrogen and oxygen atoms in total. The summed E-state index contributed by atoms with van der Waals surface area (Å²) in [6.07, 6.45) is 1.96. The predicted octanol–water partition coefficient (Wildman–Crippen LogP) is 4.04. The van der Waals surface area contributed by atoms with Gasteiger partial charge >= 0.3 is 0 Å². The molecule has 0 aliphatic rings. The number of nitrogens with zero attached hydrogens (tertiary/aromatic N) is 5. The number of nitriles is 2. The Labute approximate surface area is 184 Å². The van der Waals surface area contributed by atoms with Gasteiger partial charge in [0.1, 0.15) is 18.1 Å². The van der Waals surface area contributed by atoms with Crippen LogP contribution in [0.2, 0.25) is 0 Å². The van der Waals surface area contributed by atoms with Gasteiger partial charge in [-0.15, -0.1) is 5.10 Å². The normalized spacial score (nSPS) is 10.4. The van der Waals surface area contributed by atoms with Gasteiger partial charge in [0, 0.05) is 18.3 Å². The molecular formula is C24H19N7O. The summed E-state index contributed by atoms with van der Waals surface area (Å²) in [6, 6.07) is 19.4. The lowest BCUT2D eigenvalue weighted by molar-refractivity contribution is 0.101. The summed E-state index contributed by atoms with van der Waals surface area (Å²) in [4.78, 5) is 17.1. The largest absolute Gasteiger partial charge is 0.342 e. The Kier molecular flexibility index (Phi) is 5.52. The van der Waals surface area contributed by atoms with Gasteiger partial charge in [0.25, 0.3) is 5.91 Å². The van der Waals surface area contributed by atoms with Crippen LogP contribution in [0.5, 0.6) is 0 Å². The van der Waals surface area contributed by atoms with E-state index in [2.05, 4.69) is 32.6 Å². The Morgan fingerprint density at radius 2 is 1.81 bits per heavy atom. The Hall–Kier alpha value is -4.69. The van der Waals surface area contributed by atoms with Gasteiger partial charge in [0.15, 0.2) is 0 Å². The van der Waals surface area contributed by atoms with E-state index >= 15 is 0 Å². The van der Waals surface area contributed by atoms with Crippen molar-refractivity contribution in [2.45, 2.75) is 13.3 Å². The summed E-state index contributed by atoms with van der Waals surface area (Å²) in [5.41, 5.74) is 5.15. The van der Waals surface area contributed by atoms with Crippen LogP contribution >= 0.6 is 0 Å². The summed E-state index contributed by atoms with van der Waals surface area (Å²) in [7, 11) is 1.77. The Bertz CT molecular complexity index is 1370. The lowest BCUT2D eigenvalue weighted by Gasteiger charge is -2.09. The number of H-pyrrole nitrogens is 1. The highest BCUT2D eigenvalue weighted by molar-refractivity contribution is 6.08. The first-order chi connectivity index (χ1) is 15.6. The van der Waals surface area contributed by atoms with Crippen LogP contribution in [0.4, 0.5) is 5.95 Å². The number of aromatic amines is 1. The van der Waals surface area contributed by atoms with Crippen LogP contribution in [0, 0.1) is 22.7 Å². The average Bonchev–Trinajstić information content (AvgIpc) is 3.44. The van der Waals surface area contributed by atoms with E-state index in [1.54, 1.807) is 17.7 Å². The fraction of sp³-hybridized carbons (Fsp3) is 0.125. The molecule has 0 radical (unpaired) electrons. The highest BCUT2D eigenvalue weighted by Gasteiger charge is 2.26. The predicted molar refractivity (Wildman–Crippen MR) is 119 cm³/mol. The SMILES string of the molecule is CCc1c(C#N)c(-c2ccc(-c3ccccc3C#N)cc2)c(C(=O)Nc2nc[nH]n2)n1C. The van der Waals surface area contributed by atoms with Gasteiger partial charge in [-0.2, -0.15) is 10.5 Å². The number of anilines is 1. The maximum absolute atomic E-state index is 13.1. The van der Waals surface area contributed by atoms with Crippen LogP contribution in [0.15, 0.2) is 54.9 Å². The Morgan fingerprint density at radius 1 is 1.09 bits per heavy atom. The minimum Gasteiger partial charge on any atom is -0.342 e. The number of carbonyl (C=O) groups is 1. The van der Waals surface area contributed by atoms with E-state index in [0.29, 0.717) is 28.8 Å². The molecule has 0 aliphatic carbocycles. The topological polar surface area (TPSA) is 123 Å². The first-order valence-electron chi connectivity index (χ1n) is 9.97. The maximum Gasteiger partial charge on any atom is 0.275 e. The number of rotatable bonds is 5. The van der Waals surface area contributed by atoms with E-state index in [0.717, 1.165) is 22.4 Å². The molecule has 0 spiro atoms. The highest BCUT2D eigenvalue weighted by atomic mass is 16.2. The quantitative estimate of drug-likeness (QED) is 0.503. The lowest BCUT2D eigenvalue weighted by atomic mass is 9.95. The minimum atomic E-state index is -0.405. The highest BCUT2D eigenvalue weighted by Crippen LogP contribution is 2.34. The molecule has 4 rings (SSSR count). The monoisotopic (exact) mass is 421 g/mol.